The van der Waals surface area contributed by atoms with E-state index in [1.54, 1.807) is 31.4 Å². The predicted molar refractivity (Wildman–Crippen MR) is 104 cm³/mol. The molecule has 1 unspecified atom stereocenters. The van der Waals surface area contributed by atoms with Gasteiger partial charge in [-0.25, -0.2) is 14.2 Å². The lowest BCUT2D eigenvalue weighted by atomic mass is 9.95. The number of rotatable bonds is 4. The number of esters is 1. The Morgan fingerprint density at radius 2 is 2.07 bits per heavy atom. The lowest BCUT2D eigenvalue weighted by molar-refractivity contribution is -0.139. The third-order valence-electron chi connectivity index (χ3n) is 4.28. The summed E-state index contributed by atoms with van der Waals surface area (Å²) in [5.74, 6) is -0.996. The zero-order chi connectivity index (χ0) is 20.4. The van der Waals surface area contributed by atoms with Gasteiger partial charge in [-0.05, 0) is 38.5 Å². The molecule has 146 valence electrons. The quantitative estimate of drug-likeness (QED) is 0.731. The summed E-state index contributed by atoms with van der Waals surface area (Å²) < 4.78 is 19.1. The minimum atomic E-state index is -0.803. The van der Waals surface area contributed by atoms with E-state index in [4.69, 9.17) is 4.74 Å². The van der Waals surface area contributed by atoms with E-state index in [2.05, 4.69) is 9.98 Å². The van der Waals surface area contributed by atoms with Crippen molar-refractivity contribution < 1.29 is 18.7 Å². The first-order valence-corrected chi connectivity index (χ1v) is 9.65. The van der Waals surface area contributed by atoms with Crippen molar-refractivity contribution in [3.05, 3.63) is 63.0 Å². The van der Waals surface area contributed by atoms with E-state index in [-0.39, 0.29) is 18.1 Å². The molecule has 0 spiro atoms. The number of carbonyl (C=O) groups excluding carboxylic acids is 2. The fraction of sp³-hybridized carbons (Fsp3) is 0.300. The number of nitrogens with zero attached hydrogens (tertiary/aromatic N) is 3. The third-order valence-corrected chi connectivity index (χ3v) is 5.06. The van der Waals surface area contributed by atoms with E-state index in [1.807, 2.05) is 6.92 Å². The van der Waals surface area contributed by atoms with Gasteiger partial charge in [-0.15, -0.1) is 11.3 Å². The Labute approximate surface area is 166 Å². The first kappa shape index (κ1) is 19.9. The molecule has 1 atom stereocenters. The molecule has 0 radical (unpaired) electrons. The van der Waals surface area contributed by atoms with Gasteiger partial charge in [0.05, 0.1) is 17.2 Å². The van der Waals surface area contributed by atoms with E-state index in [0.29, 0.717) is 22.8 Å². The molecule has 1 aromatic carbocycles. The maximum Gasteiger partial charge on any atom is 0.338 e. The number of hydrogen-bond acceptors (Lipinski definition) is 6. The molecular formula is C20H20FN3O3S. The van der Waals surface area contributed by atoms with Gasteiger partial charge in [0.15, 0.2) is 5.84 Å². The zero-order valence-electron chi connectivity index (χ0n) is 16.0. The van der Waals surface area contributed by atoms with Gasteiger partial charge in [0, 0.05) is 18.0 Å². The molecule has 2 aromatic rings. The molecule has 1 amide bonds. The summed E-state index contributed by atoms with van der Waals surface area (Å²) in [7, 11) is 0. The van der Waals surface area contributed by atoms with Crippen LogP contribution in [0.25, 0.3) is 0 Å². The molecule has 0 fully saturated rings. The predicted octanol–water partition coefficient (Wildman–Crippen LogP) is 3.78. The van der Waals surface area contributed by atoms with E-state index < -0.39 is 17.8 Å². The van der Waals surface area contributed by atoms with Crippen LogP contribution in [0.3, 0.4) is 0 Å². The second-order valence-electron chi connectivity index (χ2n) is 6.24. The van der Waals surface area contributed by atoms with Crippen LogP contribution in [0.4, 0.5) is 4.39 Å². The van der Waals surface area contributed by atoms with Crippen LogP contribution in [-0.2, 0) is 14.3 Å². The normalized spacial score (nSPS) is 16.8. The molecule has 0 N–H and O–H groups in total. The Kier molecular flexibility index (Phi) is 5.69. The summed E-state index contributed by atoms with van der Waals surface area (Å²) in [6.07, 6.45) is 0. The Bertz CT molecular complexity index is 996. The maximum atomic E-state index is 13.9. The average molecular weight is 401 g/mol. The first-order chi connectivity index (χ1) is 13.3. The van der Waals surface area contributed by atoms with E-state index in [0.717, 1.165) is 5.01 Å². The number of thiazole rings is 1. The topological polar surface area (TPSA) is 71.9 Å². The molecule has 0 aliphatic carbocycles. The lowest BCUT2D eigenvalue weighted by Crippen LogP contribution is -2.40. The number of allylic oxidation sites excluding steroid dienone is 1. The molecule has 0 bridgehead atoms. The van der Waals surface area contributed by atoms with Gasteiger partial charge in [-0.1, -0.05) is 12.1 Å². The largest absolute Gasteiger partial charge is 0.463 e. The molecule has 1 aliphatic heterocycles. The van der Waals surface area contributed by atoms with Crippen molar-refractivity contribution in [2.45, 2.75) is 33.7 Å². The van der Waals surface area contributed by atoms with Gasteiger partial charge in [-0.3, -0.25) is 14.7 Å². The van der Waals surface area contributed by atoms with E-state index >= 15 is 0 Å². The number of benzene rings is 1. The molecular weight excluding hydrogens is 381 g/mol. The number of halogens is 1. The second-order valence-corrected chi connectivity index (χ2v) is 7.30. The van der Waals surface area contributed by atoms with Gasteiger partial charge in [-0.2, -0.15) is 0 Å². The summed E-state index contributed by atoms with van der Waals surface area (Å²) in [6.45, 7) is 6.78. The summed E-state index contributed by atoms with van der Waals surface area (Å²) in [5.41, 5.74) is 1.63. The van der Waals surface area contributed by atoms with E-state index in [9.17, 15) is 14.0 Å². The summed E-state index contributed by atoms with van der Waals surface area (Å²) in [4.78, 5) is 35.5. The summed E-state index contributed by atoms with van der Waals surface area (Å²) in [5, 5.41) is 2.62. The number of carbonyl (C=O) groups is 2. The number of amides is 1. The monoisotopic (exact) mass is 401 g/mol. The van der Waals surface area contributed by atoms with E-state index in [1.165, 1.54) is 35.3 Å². The standard InChI is InChI=1S/C20H20FN3O3S/c1-5-27-20(26)17-11(2)24(13(4)25)19(16-10-28-12(3)22-16)23-18(17)14-7-6-8-15(21)9-14/h6-10,18H,5H2,1-4H3. The van der Waals surface area contributed by atoms with Crippen LogP contribution >= 0.6 is 11.3 Å². The van der Waals surface area contributed by atoms with Gasteiger partial charge >= 0.3 is 5.97 Å². The molecule has 0 saturated carbocycles. The summed E-state index contributed by atoms with van der Waals surface area (Å²) in [6, 6.07) is 5.10. The van der Waals surface area contributed by atoms with Crippen molar-refractivity contribution in [3.8, 4) is 0 Å². The second kappa shape index (κ2) is 8.02. The van der Waals surface area contributed by atoms with Gasteiger partial charge in [0.2, 0.25) is 5.91 Å². The smallest absolute Gasteiger partial charge is 0.338 e. The highest BCUT2D eigenvalue weighted by Gasteiger charge is 2.37. The molecule has 8 heteroatoms. The lowest BCUT2D eigenvalue weighted by Gasteiger charge is -2.32. The fourth-order valence-corrected chi connectivity index (χ4v) is 3.73. The summed E-state index contributed by atoms with van der Waals surface area (Å²) >= 11 is 1.43. The molecule has 6 nitrogen and oxygen atoms in total. The molecule has 1 aromatic heterocycles. The highest BCUT2D eigenvalue weighted by molar-refractivity contribution is 7.09. The van der Waals surface area contributed by atoms with Crippen molar-refractivity contribution in [3.63, 3.8) is 0 Å². The number of aliphatic imine (C=N–C) groups is 1. The number of amidine groups is 1. The number of hydrogen-bond donors (Lipinski definition) is 0. The number of aryl methyl sites for hydroxylation is 1. The van der Waals surface area contributed by atoms with Crippen LogP contribution < -0.4 is 0 Å². The zero-order valence-corrected chi connectivity index (χ0v) is 16.8. The van der Waals surface area contributed by atoms with Crippen molar-refractivity contribution in [2.75, 3.05) is 6.61 Å². The van der Waals surface area contributed by atoms with Crippen LogP contribution in [0, 0.1) is 12.7 Å². The minimum Gasteiger partial charge on any atom is -0.463 e. The van der Waals surface area contributed by atoms with Crippen molar-refractivity contribution >= 4 is 29.0 Å². The Morgan fingerprint density at radius 1 is 1.32 bits per heavy atom. The van der Waals surface area contributed by atoms with Crippen molar-refractivity contribution in [1.29, 1.82) is 0 Å². The van der Waals surface area contributed by atoms with Gasteiger partial charge < -0.3 is 4.74 Å². The van der Waals surface area contributed by atoms with Crippen LogP contribution in [0.5, 0.6) is 0 Å². The Balaban J connectivity index is 2.23. The number of ether oxygens (including phenoxy) is 1. The third kappa shape index (κ3) is 3.73. The average Bonchev–Trinajstić information content (AvgIpc) is 3.06. The minimum absolute atomic E-state index is 0.174. The molecule has 0 saturated heterocycles. The Morgan fingerprint density at radius 3 is 2.64 bits per heavy atom. The maximum absolute atomic E-state index is 13.9. The Hall–Kier alpha value is -2.87. The molecule has 2 heterocycles. The van der Waals surface area contributed by atoms with Crippen LogP contribution in [-0.4, -0.2) is 34.2 Å². The van der Waals surface area contributed by atoms with Crippen LogP contribution in [0.1, 0.15) is 43.1 Å². The molecule has 1 aliphatic rings. The van der Waals surface area contributed by atoms with Crippen LogP contribution in [0.2, 0.25) is 0 Å². The van der Waals surface area contributed by atoms with Gasteiger partial charge in [0.1, 0.15) is 17.6 Å². The first-order valence-electron chi connectivity index (χ1n) is 8.77. The molecule has 28 heavy (non-hydrogen) atoms. The van der Waals surface area contributed by atoms with Crippen molar-refractivity contribution in [1.82, 2.24) is 9.88 Å². The van der Waals surface area contributed by atoms with Gasteiger partial charge in [0.25, 0.3) is 0 Å². The fourth-order valence-electron chi connectivity index (χ4n) is 3.14. The molecule has 3 rings (SSSR count). The van der Waals surface area contributed by atoms with Crippen LogP contribution in [0.15, 0.2) is 45.9 Å². The van der Waals surface area contributed by atoms with Crippen molar-refractivity contribution in [2.24, 2.45) is 4.99 Å². The number of aromatic nitrogens is 1. The SMILES string of the molecule is CCOC(=O)C1=C(C)N(C(C)=O)C(c2csc(C)n2)=NC1c1cccc(F)c1. The highest BCUT2D eigenvalue weighted by Crippen LogP contribution is 2.36. The highest BCUT2D eigenvalue weighted by atomic mass is 32.1.